The molecule has 5 heteroatoms. The van der Waals surface area contributed by atoms with Crippen molar-refractivity contribution in [3.8, 4) is 11.5 Å². The van der Waals surface area contributed by atoms with E-state index in [9.17, 15) is 4.79 Å². The van der Waals surface area contributed by atoms with Crippen LogP contribution in [0.5, 0.6) is 11.5 Å². The third-order valence-corrected chi connectivity index (χ3v) is 2.85. The highest BCUT2D eigenvalue weighted by Crippen LogP contribution is 2.25. The number of carbonyl (C=O) groups excluding carboxylic acids is 1. The molecule has 3 N–H and O–H groups in total. The second kappa shape index (κ2) is 5.97. The number of benzene rings is 2. The Morgan fingerprint density at radius 3 is 2.35 bits per heavy atom. The number of amides is 1. The third kappa shape index (κ3) is 2.83. The van der Waals surface area contributed by atoms with Gasteiger partial charge in [0.15, 0.2) is 0 Å². The molecule has 0 saturated carbocycles. The zero-order valence-electron chi connectivity index (χ0n) is 11.3. The normalized spacial score (nSPS) is 9.90. The molecule has 0 unspecified atom stereocenters. The Morgan fingerprint density at radius 2 is 1.75 bits per heavy atom. The van der Waals surface area contributed by atoms with E-state index in [-0.39, 0.29) is 5.91 Å². The predicted molar refractivity (Wildman–Crippen MR) is 78.4 cm³/mol. The summed E-state index contributed by atoms with van der Waals surface area (Å²) in [5.74, 6) is 0.848. The van der Waals surface area contributed by atoms with E-state index in [1.165, 1.54) is 7.11 Å². The van der Waals surface area contributed by atoms with E-state index in [0.717, 1.165) is 5.75 Å². The minimum atomic E-state index is -0.315. The maximum Gasteiger partial charge on any atom is 0.261 e. The van der Waals surface area contributed by atoms with Crippen molar-refractivity contribution >= 4 is 17.3 Å². The number of carbonyl (C=O) groups is 1. The number of methoxy groups -OCH3 is 2. The number of nitrogens with two attached hydrogens (primary N) is 1. The molecule has 0 aliphatic rings. The Hall–Kier alpha value is -2.69. The standard InChI is InChI=1S/C15H16N2O3/c1-19-11-8-6-10(7-9-11)17-15(18)14-12(16)4-3-5-13(14)20-2/h3-9H,16H2,1-2H3,(H,17,18). The summed E-state index contributed by atoms with van der Waals surface area (Å²) in [6.07, 6.45) is 0. The first-order valence-corrected chi connectivity index (χ1v) is 6.03. The van der Waals surface area contributed by atoms with Crippen LogP contribution in [-0.2, 0) is 0 Å². The van der Waals surface area contributed by atoms with Crippen LogP contribution in [0.3, 0.4) is 0 Å². The summed E-state index contributed by atoms with van der Waals surface area (Å²) >= 11 is 0. The predicted octanol–water partition coefficient (Wildman–Crippen LogP) is 2.54. The first kappa shape index (κ1) is 13.7. The second-order valence-corrected chi connectivity index (χ2v) is 4.11. The zero-order chi connectivity index (χ0) is 14.5. The van der Waals surface area contributed by atoms with Crippen LogP contribution < -0.4 is 20.5 Å². The minimum absolute atomic E-state index is 0.315. The number of ether oxygens (including phenoxy) is 2. The lowest BCUT2D eigenvalue weighted by Crippen LogP contribution is -2.15. The van der Waals surface area contributed by atoms with Crippen molar-refractivity contribution in [3.05, 3.63) is 48.0 Å². The highest BCUT2D eigenvalue weighted by Gasteiger charge is 2.15. The molecule has 0 aliphatic carbocycles. The van der Waals surface area contributed by atoms with Crippen molar-refractivity contribution < 1.29 is 14.3 Å². The van der Waals surface area contributed by atoms with Crippen molar-refractivity contribution in [3.63, 3.8) is 0 Å². The molecular formula is C15H16N2O3. The van der Waals surface area contributed by atoms with Gasteiger partial charge in [-0.2, -0.15) is 0 Å². The zero-order valence-corrected chi connectivity index (χ0v) is 11.3. The van der Waals surface area contributed by atoms with Crippen LogP contribution in [0.15, 0.2) is 42.5 Å². The molecular weight excluding hydrogens is 256 g/mol. The number of nitrogen functional groups attached to an aromatic ring is 1. The van der Waals surface area contributed by atoms with Gasteiger partial charge >= 0.3 is 0 Å². The third-order valence-electron chi connectivity index (χ3n) is 2.85. The molecule has 2 rings (SSSR count). The van der Waals surface area contributed by atoms with Gasteiger partial charge in [0.05, 0.1) is 14.2 Å². The van der Waals surface area contributed by atoms with E-state index in [1.54, 1.807) is 49.6 Å². The van der Waals surface area contributed by atoms with Gasteiger partial charge in [0.2, 0.25) is 0 Å². The largest absolute Gasteiger partial charge is 0.497 e. The highest BCUT2D eigenvalue weighted by molar-refractivity contribution is 6.09. The molecule has 104 valence electrons. The van der Waals surface area contributed by atoms with Gasteiger partial charge in [0, 0.05) is 11.4 Å². The Bertz CT molecular complexity index is 609. The van der Waals surface area contributed by atoms with Crippen molar-refractivity contribution in [2.24, 2.45) is 0 Å². The molecule has 0 aromatic heterocycles. The van der Waals surface area contributed by atoms with Crippen molar-refractivity contribution in [2.45, 2.75) is 0 Å². The van der Waals surface area contributed by atoms with Crippen LogP contribution in [0.25, 0.3) is 0 Å². The Morgan fingerprint density at radius 1 is 1.05 bits per heavy atom. The molecule has 0 heterocycles. The molecule has 2 aromatic carbocycles. The lowest BCUT2D eigenvalue weighted by molar-refractivity contribution is 0.102. The van der Waals surface area contributed by atoms with Gasteiger partial charge in [-0.05, 0) is 36.4 Å². The van der Waals surface area contributed by atoms with Crippen molar-refractivity contribution in [2.75, 3.05) is 25.3 Å². The first-order chi connectivity index (χ1) is 9.65. The van der Waals surface area contributed by atoms with E-state index >= 15 is 0 Å². The van der Waals surface area contributed by atoms with Gasteiger partial charge < -0.3 is 20.5 Å². The summed E-state index contributed by atoms with van der Waals surface area (Å²) in [5, 5.41) is 2.77. The fourth-order valence-electron chi connectivity index (χ4n) is 1.83. The summed E-state index contributed by atoms with van der Waals surface area (Å²) in [7, 11) is 3.09. The number of hydrogen-bond acceptors (Lipinski definition) is 4. The lowest BCUT2D eigenvalue weighted by Gasteiger charge is -2.11. The SMILES string of the molecule is COc1ccc(NC(=O)c2c(N)cccc2OC)cc1. The summed E-state index contributed by atoms with van der Waals surface area (Å²) in [6.45, 7) is 0. The topological polar surface area (TPSA) is 73.6 Å². The van der Waals surface area contributed by atoms with Gasteiger partial charge in [-0.3, -0.25) is 4.79 Å². The van der Waals surface area contributed by atoms with Crippen molar-refractivity contribution in [1.82, 2.24) is 0 Å². The van der Waals surface area contributed by atoms with Crippen LogP contribution >= 0.6 is 0 Å². The summed E-state index contributed by atoms with van der Waals surface area (Å²) < 4.78 is 10.2. The van der Waals surface area contributed by atoms with Gasteiger partial charge in [0.1, 0.15) is 17.1 Å². The van der Waals surface area contributed by atoms with E-state index in [2.05, 4.69) is 5.32 Å². The molecule has 0 aliphatic heterocycles. The summed E-state index contributed by atoms with van der Waals surface area (Å²) in [6, 6.07) is 12.1. The van der Waals surface area contributed by atoms with Gasteiger partial charge in [-0.25, -0.2) is 0 Å². The average molecular weight is 272 g/mol. The average Bonchev–Trinajstić information content (AvgIpc) is 2.47. The molecule has 0 spiro atoms. The Labute approximate surface area is 117 Å². The lowest BCUT2D eigenvalue weighted by atomic mass is 10.1. The molecule has 0 saturated heterocycles. The highest BCUT2D eigenvalue weighted by atomic mass is 16.5. The molecule has 0 fully saturated rings. The van der Waals surface area contributed by atoms with E-state index in [4.69, 9.17) is 15.2 Å². The van der Waals surface area contributed by atoms with Gasteiger partial charge in [-0.1, -0.05) is 6.07 Å². The maximum absolute atomic E-state index is 12.3. The van der Waals surface area contributed by atoms with E-state index in [0.29, 0.717) is 22.7 Å². The number of rotatable bonds is 4. The van der Waals surface area contributed by atoms with Crippen LogP contribution in [0, 0.1) is 0 Å². The first-order valence-electron chi connectivity index (χ1n) is 6.03. The second-order valence-electron chi connectivity index (χ2n) is 4.11. The van der Waals surface area contributed by atoms with Crippen LogP contribution in [0.2, 0.25) is 0 Å². The van der Waals surface area contributed by atoms with Crippen LogP contribution in [0.4, 0.5) is 11.4 Å². The summed E-state index contributed by atoms with van der Waals surface area (Å²) in [5.41, 5.74) is 7.19. The van der Waals surface area contributed by atoms with Crippen LogP contribution in [-0.4, -0.2) is 20.1 Å². The molecule has 0 radical (unpaired) electrons. The van der Waals surface area contributed by atoms with Crippen LogP contribution in [0.1, 0.15) is 10.4 Å². The molecule has 20 heavy (non-hydrogen) atoms. The smallest absolute Gasteiger partial charge is 0.261 e. The number of hydrogen-bond donors (Lipinski definition) is 2. The maximum atomic E-state index is 12.3. The number of nitrogens with one attached hydrogen (secondary N) is 1. The van der Waals surface area contributed by atoms with Crippen molar-refractivity contribution in [1.29, 1.82) is 0 Å². The Kier molecular flexibility index (Phi) is 4.10. The van der Waals surface area contributed by atoms with Gasteiger partial charge in [0.25, 0.3) is 5.91 Å². The van der Waals surface area contributed by atoms with E-state index < -0.39 is 0 Å². The summed E-state index contributed by atoms with van der Waals surface area (Å²) in [4.78, 5) is 12.3. The Balaban J connectivity index is 2.23. The molecule has 0 bridgehead atoms. The monoisotopic (exact) mass is 272 g/mol. The van der Waals surface area contributed by atoms with Gasteiger partial charge in [-0.15, -0.1) is 0 Å². The van der Waals surface area contributed by atoms with E-state index in [1.807, 2.05) is 0 Å². The fourth-order valence-corrected chi connectivity index (χ4v) is 1.83. The number of anilines is 2. The molecule has 1 amide bonds. The molecule has 2 aromatic rings. The molecule has 5 nitrogen and oxygen atoms in total. The fraction of sp³-hybridized carbons (Fsp3) is 0.133. The quantitative estimate of drug-likeness (QED) is 0.839. The minimum Gasteiger partial charge on any atom is -0.497 e. The molecule has 0 atom stereocenters.